The standard InChI is InChI=1S/C11H20/c1-8(2)11-6-10(7-11)5-9-3-4-9/h8-11H,3-7H2,1-2H3. The lowest BCUT2D eigenvalue weighted by Crippen LogP contribution is -2.27. The van der Waals surface area contributed by atoms with Gasteiger partial charge in [0.25, 0.3) is 0 Å². The van der Waals surface area contributed by atoms with E-state index in [4.69, 9.17) is 0 Å². The molecule has 0 nitrogen and oxygen atoms in total. The van der Waals surface area contributed by atoms with Gasteiger partial charge in [0, 0.05) is 0 Å². The van der Waals surface area contributed by atoms with E-state index in [-0.39, 0.29) is 0 Å². The zero-order valence-corrected chi connectivity index (χ0v) is 7.84. The smallest absolute Gasteiger partial charge is 0.0386 e. The lowest BCUT2D eigenvalue weighted by Gasteiger charge is -2.38. The second-order valence-electron chi connectivity index (χ2n) is 5.02. The van der Waals surface area contributed by atoms with Crippen LogP contribution >= 0.6 is 0 Å². The van der Waals surface area contributed by atoms with E-state index < -0.39 is 0 Å². The molecule has 2 saturated carbocycles. The predicted octanol–water partition coefficient (Wildman–Crippen LogP) is 3.47. The van der Waals surface area contributed by atoms with Gasteiger partial charge in [-0.25, -0.2) is 0 Å². The van der Waals surface area contributed by atoms with E-state index in [1.807, 2.05) is 0 Å². The van der Waals surface area contributed by atoms with Crippen molar-refractivity contribution in [1.82, 2.24) is 0 Å². The first-order valence-corrected chi connectivity index (χ1v) is 5.25. The van der Waals surface area contributed by atoms with Crippen LogP contribution in [0, 0.1) is 23.7 Å². The van der Waals surface area contributed by atoms with Crippen molar-refractivity contribution >= 4 is 0 Å². The Balaban J connectivity index is 1.63. The largest absolute Gasteiger partial charge is 0.0625 e. The van der Waals surface area contributed by atoms with Gasteiger partial charge in [-0.2, -0.15) is 0 Å². The minimum absolute atomic E-state index is 0.949. The Morgan fingerprint density at radius 3 is 2.18 bits per heavy atom. The molecule has 0 unspecified atom stereocenters. The molecule has 0 N–H and O–H groups in total. The molecule has 64 valence electrons. The lowest BCUT2D eigenvalue weighted by atomic mass is 9.68. The molecule has 2 aliphatic carbocycles. The van der Waals surface area contributed by atoms with Crippen LogP contribution in [0.4, 0.5) is 0 Å². The van der Waals surface area contributed by atoms with Crippen molar-refractivity contribution in [2.24, 2.45) is 23.7 Å². The highest BCUT2D eigenvalue weighted by Crippen LogP contribution is 2.46. The minimum Gasteiger partial charge on any atom is -0.0625 e. The van der Waals surface area contributed by atoms with E-state index in [0.717, 1.165) is 23.7 Å². The Labute approximate surface area is 70.4 Å². The highest BCUT2D eigenvalue weighted by atomic mass is 14.4. The Bertz CT molecular complexity index is 127. The number of hydrogen-bond donors (Lipinski definition) is 0. The molecule has 0 aromatic carbocycles. The normalized spacial score (nSPS) is 37.4. The van der Waals surface area contributed by atoms with Crippen LogP contribution in [0.25, 0.3) is 0 Å². The van der Waals surface area contributed by atoms with Crippen LogP contribution in [-0.2, 0) is 0 Å². The average molecular weight is 152 g/mol. The Morgan fingerprint density at radius 2 is 1.73 bits per heavy atom. The molecule has 0 radical (unpaired) electrons. The van der Waals surface area contributed by atoms with Crippen LogP contribution in [0.15, 0.2) is 0 Å². The van der Waals surface area contributed by atoms with Crippen LogP contribution in [-0.4, -0.2) is 0 Å². The summed E-state index contributed by atoms with van der Waals surface area (Å²) in [6.07, 6.45) is 7.76. The van der Waals surface area contributed by atoms with Crippen LogP contribution in [0.2, 0.25) is 0 Å². The summed E-state index contributed by atoms with van der Waals surface area (Å²) < 4.78 is 0. The molecule has 0 amide bonds. The van der Waals surface area contributed by atoms with Gasteiger partial charge < -0.3 is 0 Å². The van der Waals surface area contributed by atoms with Crippen molar-refractivity contribution in [1.29, 1.82) is 0 Å². The molecule has 2 fully saturated rings. The highest BCUT2D eigenvalue weighted by molar-refractivity contribution is 4.86. The van der Waals surface area contributed by atoms with Gasteiger partial charge in [0.05, 0.1) is 0 Å². The maximum Gasteiger partial charge on any atom is -0.0386 e. The number of hydrogen-bond acceptors (Lipinski definition) is 0. The van der Waals surface area contributed by atoms with Crippen molar-refractivity contribution in [3.8, 4) is 0 Å². The minimum atomic E-state index is 0.949. The zero-order valence-electron chi connectivity index (χ0n) is 7.84. The van der Waals surface area contributed by atoms with Gasteiger partial charge in [-0.3, -0.25) is 0 Å². The topological polar surface area (TPSA) is 0 Å². The van der Waals surface area contributed by atoms with Gasteiger partial charge in [0.2, 0.25) is 0 Å². The summed E-state index contributed by atoms with van der Waals surface area (Å²) in [6.45, 7) is 4.75. The van der Waals surface area contributed by atoms with E-state index in [1.165, 1.54) is 0 Å². The van der Waals surface area contributed by atoms with Gasteiger partial charge in [0.15, 0.2) is 0 Å². The molecular weight excluding hydrogens is 132 g/mol. The van der Waals surface area contributed by atoms with E-state index in [2.05, 4.69) is 13.8 Å². The SMILES string of the molecule is CC(C)C1CC(CC2CC2)C1. The van der Waals surface area contributed by atoms with E-state index in [9.17, 15) is 0 Å². The van der Waals surface area contributed by atoms with E-state index >= 15 is 0 Å². The van der Waals surface area contributed by atoms with Crippen LogP contribution < -0.4 is 0 Å². The molecule has 0 aromatic heterocycles. The molecule has 0 saturated heterocycles. The third-order valence-corrected chi connectivity index (χ3v) is 3.58. The number of rotatable bonds is 3. The third kappa shape index (κ3) is 1.77. The maximum absolute atomic E-state index is 2.37. The van der Waals surface area contributed by atoms with Gasteiger partial charge in [-0.05, 0) is 42.9 Å². The molecule has 0 aromatic rings. The highest BCUT2D eigenvalue weighted by Gasteiger charge is 2.35. The summed E-state index contributed by atoms with van der Waals surface area (Å²) in [4.78, 5) is 0. The average Bonchev–Trinajstić information content (AvgIpc) is 2.58. The fraction of sp³-hybridized carbons (Fsp3) is 1.00. The molecule has 2 aliphatic rings. The van der Waals surface area contributed by atoms with E-state index in [0.29, 0.717) is 0 Å². The molecule has 0 spiro atoms. The maximum atomic E-state index is 2.37. The van der Waals surface area contributed by atoms with Crippen molar-refractivity contribution in [2.45, 2.75) is 46.0 Å². The molecule has 0 heteroatoms. The molecule has 0 bridgehead atoms. The zero-order chi connectivity index (χ0) is 7.84. The second kappa shape index (κ2) is 2.80. The van der Waals surface area contributed by atoms with Gasteiger partial charge in [-0.15, -0.1) is 0 Å². The van der Waals surface area contributed by atoms with Crippen LogP contribution in [0.1, 0.15) is 46.0 Å². The quantitative estimate of drug-likeness (QED) is 0.581. The second-order valence-corrected chi connectivity index (χ2v) is 5.02. The molecule has 0 aliphatic heterocycles. The fourth-order valence-electron chi connectivity index (χ4n) is 2.35. The van der Waals surface area contributed by atoms with Crippen molar-refractivity contribution in [3.05, 3.63) is 0 Å². The molecule has 0 atom stereocenters. The van der Waals surface area contributed by atoms with Crippen molar-refractivity contribution < 1.29 is 0 Å². The van der Waals surface area contributed by atoms with Crippen LogP contribution in [0.3, 0.4) is 0 Å². The molecule has 2 rings (SSSR count). The summed E-state index contributed by atoms with van der Waals surface area (Å²) in [7, 11) is 0. The summed E-state index contributed by atoms with van der Waals surface area (Å²) >= 11 is 0. The first-order valence-electron chi connectivity index (χ1n) is 5.25. The summed E-state index contributed by atoms with van der Waals surface area (Å²) in [5.41, 5.74) is 0. The summed E-state index contributed by atoms with van der Waals surface area (Å²) in [5.74, 6) is 4.33. The molecule has 0 heterocycles. The fourth-order valence-corrected chi connectivity index (χ4v) is 2.35. The Morgan fingerprint density at radius 1 is 1.09 bits per heavy atom. The predicted molar refractivity (Wildman–Crippen MR) is 48.4 cm³/mol. The van der Waals surface area contributed by atoms with Gasteiger partial charge >= 0.3 is 0 Å². The Hall–Kier alpha value is 0. The molecular formula is C11H20. The van der Waals surface area contributed by atoms with Gasteiger partial charge in [0.1, 0.15) is 0 Å². The first-order chi connectivity index (χ1) is 5.25. The monoisotopic (exact) mass is 152 g/mol. The summed E-state index contributed by atoms with van der Waals surface area (Å²) in [6, 6.07) is 0. The summed E-state index contributed by atoms with van der Waals surface area (Å²) in [5, 5.41) is 0. The van der Waals surface area contributed by atoms with Gasteiger partial charge in [-0.1, -0.05) is 26.7 Å². The molecule has 11 heavy (non-hydrogen) atoms. The Kier molecular flexibility index (Phi) is 1.95. The first kappa shape index (κ1) is 7.64. The van der Waals surface area contributed by atoms with Crippen molar-refractivity contribution in [2.75, 3.05) is 0 Å². The van der Waals surface area contributed by atoms with Crippen molar-refractivity contribution in [3.63, 3.8) is 0 Å². The lowest BCUT2D eigenvalue weighted by molar-refractivity contribution is 0.128. The van der Waals surface area contributed by atoms with E-state index in [1.54, 1.807) is 32.1 Å². The van der Waals surface area contributed by atoms with Crippen LogP contribution in [0.5, 0.6) is 0 Å². The third-order valence-electron chi connectivity index (χ3n) is 3.58.